The van der Waals surface area contributed by atoms with Crippen molar-refractivity contribution in [3.8, 4) is 0 Å². The summed E-state index contributed by atoms with van der Waals surface area (Å²) in [5, 5.41) is 0.159. The third kappa shape index (κ3) is 2.77. The van der Waals surface area contributed by atoms with Crippen molar-refractivity contribution in [3.63, 3.8) is 0 Å². The van der Waals surface area contributed by atoms with Crippen molar-refractivity contribution >= 4 is 17.3 Å². The molecule has 0 spiro atoms. The fourth-order valence-electron chi connectivity index (χ4n) is 1.78. The molecule has 2 aromatic heterocycles. The van der Waals surface area contributed by atoms with Crippen LogP contribution in [0.15, 0.2) is 52.3 Å². The molecule has 0 aromatic carbocycles. The standard InChI is InChI=1S/C15H16N2O2S/c1-15(2,3)11-7-8-13(19)17(10-11)14(20)16-9-5-4-6-12(16)18/h4-10H,1-3H3. The first-order valence-electron chi connectivity index (χ1n) is 6.26. The van der Waals surface area contributed by atoms with E-state index < -0.39 is 0 Å². The van der Waals surface area contributed by atoms with Crippen LogP contribution in [-0.4, -0.2) is 14.2 Å². The Kier molecular flexibility index (Phi) is 3.72. The van der Waals surface area contributed by atoms with Crippen molar-refractivity contribution in [2.24, 2.45) is 0 Å². The van der Waals surface area contributed by atoms with E-state index in [-0.39, 0.29) is 21.6 Å². The van der Waals surface area contributed by atoms with Crippen LogP contribution in [0.5, 0.6) is 0 Å². The van der Waals surface area contributed by atoms with Crippen LogP contribution in [0.4, 0.5) is 0 Å². The van der Waals surface area contributed by atoms with Gasteiger partial charge in [-0.3, -0.25) is 18.7 Å². The van der Waals surface area contributed by atoms with Crippen LogP contribution >= 0.6 is 12.2 Å². The Hall–Kier alpha value is -2.01. The van der Waals surface area contributed by atoms with Gasteiger partial charge in [0.15, 0.2) is 5.11 Å². The molecule has 0 aliphatic carbocycles. The highest BCUT2D eigenvalue weighted by Gasteiger charge is 2.16. The lowest BCUT2D eigenvalue weighted by Gasteiger charge is -2.20. The molecule has 0 aliphatic heterocycles. The SMILES string of the molecule is CC(C)(C)c1ccc(=O)n(C(=S)n2ccccc2=O)c1. The molecule has 20 heavy (non-hydrogen) atoms. The zero-order valence-corrected chi connectivity index (χ0v) is 12.5. The normalized spacial score (nSPS) is 11.3. The average Bonchev–Trinajstić information content (AvgIpc) is 2.37. The highest BCUT2D eigenvalue weighted by molar-refractivity contribution is 7.80. The van der Waals surface area contributed by atoms with Gasteiger partial charge >= 0.3 is 0 Å². The molecular weight excluding hydrogens is 272 g/mol. The van der Waals surface area contributed by atoms with Crippen LogP contribution in [0.3, 0.4) is 0 Å². The van der Waals surface area contributed by atoms with Crippen molar-refractivity contribution in [2.45, 2.75) is 26.2 Å². The first-order valence-corrected chi connectivity index (χ1v) is 6.67. The number of nitrogens with zero attached hydrogens (tertiary/aromatic N) is 2. The Morgan fingerprint density at radius 2 is 1.65 bits per heavy atom. The first kappa shape index (κ1) is 14.4. The minimum absolute atomic E-state index is 0.104. The monoisotopic (exact) mass is 288 g/mol. The number of thiocarbonyl (C=S) groups is 1. The summed E-state index contributed by atoms with van der Waals surface area (Å²) in [6.45, 7) is 6.15. The summed E-state index contributed by atoms with van der Waals surface area (Å²) < 4.78 is 2.61. The molecule has 2 aromatic rings. The summed E-state index contributed by atoms with van der Waals surface area (Å²) >= 11 is 5.27. The smallest absolute Gasteiger partial charge is 0.256 e. The molecule has 2 heterocycles. The summed E-state index contributed by atoms with van der Waals surface area (Å²) in [6, 6.07) is 8.00. The summed E-state index contributed by atoms with van der Waals surface area (Å²) in [6.07, 6.45) is 3.25. The van der Waals surface area contributed by atoms with Gasteiger partial charge in [0.2, 0.25) is 0 Å². The van der Waals surface area contributed by atoms with Gasteiger partial charge in [-0.25, -0.2) is 0 Å². The molecule has 0 fully saturated rings. The third-order valence-electron chi connectivity index (χ3n) is 3.01. The van der Waals surface area contributed by atoms with E-state index in [2.05, 4.69) is 20.8 Å². The molecular formula is C15H16N2O2S. The molecule has 2 rings (SSSR count). The van der Waals surface area contributed by atoms with E-state index in [9.17, 15) is 9.59 Å². The van der Waals surface area contributed by atoms with Gasteiger partial charge < -0.3 is 0 Å². The van der Waals surface area contributed by atoms with Gasteiger partial charge in [0.1, 0.15) is 0 Å². The van der Waals surface area contributed by atoms with Gasteiger partial charge in [-0.15, -0.1) is 0 Å². The second-order valence-corrected chi connectivity index (χ2v) is 5.93. The van der Waals surface area contributed by atoms with Gasteiger partial charge in [0.05, 0.1) is 0 Å². The molecule has 0 amide bonds. The van der Waals surface area contributed by atoms with E-state index >= 15 is 0 Å². The minimum Gasteiger partial charge on any atom is -0.269 e. The summed E-state index contributed by atoms with van der Waals surface area (Å²) in [5.74, 6) is 0. The zero-order chi connectivity index (χ0) is 14.9. The first-order chi connectivity index (χ1) is 9.30. The Morgan fingerprint density at radius 1 is 1.00 bits per heavy atom. The highest BCUT2D eigenvalue weighted by Crippen LogP contribution is 2.20. The summed E-state index contributed by atoms with van der Waals surface area (Å²) in [5.41, 5.74) is 0.361. The minimum atomic E-state index is -0.259. The topological polar surface area (TPSA) is 44.0 Å². The lowest BCUT2D eigenvalue weighted by Crippen LogP contribution is -2.36. The summed E-state index contributed by atoms with van der Waals surface area (Å²) in [7, 11) is 0. The highest BCUT2D eigenvalue weighted by atomic mass is 32.1. The molecule has 0 saturated heterocycles. The van der Waals surface area contributed by atoms with Crippen LogP contribution in [0.2, 0.25) is 0 Å². The van der Waals surface area contributed by atoms with Crippen molar-refractivity contribution in [1.29, 1.82) is 0 Å². The van der Waals surface area contributed by atoms with Crippen molar-refractivity contribution in [2.75, 3.05) is 0 Å². The largest absolute Gasteiger partial charge is 0.269 e. The van der Waals surface area contributed by atoms with Gasteiger partial charge in [-0.2, -0.15) is 0 Å². The van der Waals surface area contributed by atoms with Gasteiger partial charge in [-0.05, 0) is 29.3 Å². The molecule has 0 radical (unpaired) electrons. The quantitative estimate of drug-likeness (QED) is 0.696. The van der Waals surface area contributed by atoms with E-state index in [1.165, 1.54) is 21.3 Å². The van der Waals surface area contributed by atoms with E-state index in [0.29, 0.717) is 0 Å². The molecule has 5 heteroatoms. The van der Waals surface area contributed by atoms with Crippen molar-refractivity contribution < 1.29 is 0 Å². The van der Waals surface area contributed by atoms with Gasteiger partial charge in [-0.1, -0.05) is 32.9 Å². The number of hydrogen-bond acceptors (Lipinski definition) is 3. The number of rotatable bonds is 0. The van der Waals surface area contributed by atoms with Crippen LogP contribution in [0.1, 0.15) is 26.3 Å². The third-order valence-corrected chi connectivity index (χ3v) is 3.41. The molecule has 0 atom stereocenters. The number of pyridine rings is 2. The van der Waals surface area contributed by atoms with Crippen LogP contribution in [0, 0.1) is 0 Å². The van der Waals surface area contributed by atoms with E-state index in [4.69, 9.17) is 12.2 Å². The predicted molar refractivity (Wildman–Crippen MR) is 83.5 cm³/mol. The Balaban J connectivity index is 2.59. The molecule has 0 aliphatic rings. The second-order valence-electron chi connectivity index (χ2n) is 5.57. The maximum absolute atomic E-state index is 12.0. The second kappa shape index (κ2) is 5.17. The van der Waals surface area contributed by atoms with E-state index in [0.717, 1.165) is 5.56 Å². The van der Waals surface area contributed by atoms with Gasteiger partial charge in [0, 0.05) is 24.5 Å². The average molecular weight is 288 g/mol. The molecule has 4 nitrogen and oxygen atoms in total. The fraction of sp³-hybridized carbons (Fsp3) is 0.267. The summed E-state index contributed by atoms with van der Waals surface area (Å²) in [4.78, 5) is 23.8. The number of aromatic nitrogens is 2. The molecule has 0 saturated carbocycles. The van der Waals surface area contributed by atoms with Crippen molar-refractivity contribution in [3.05, 3.63) is 69.0 Å². The molecule has 104 valence electrons. The molecule has 0 unspecified atom stereocenters. The maximum atomic E-state index is 12.0. The molecule has 0 N–H and O–H groups in total. The molecule has 0 bridgehead atoms. The Morgan fingerprint density at radius 3 is 2.25 bits per heavy atom. The van der Waals surface area contributed by atoms with E-state index in [1.54, 1.807) is 30.6 Å². The predicted octanol–water partition coefficient (Wildman–Crippen LogP) is 1.99. The lowest BCUT2D eigenvalue weighted by molar-refractivity contribution is 0.584. The number of hydrogen-bond donors (Lipinski definition) is 0. The van der Waals surface area contributed by atoms with Crippen LogP contribution < -0.4 is 11.1 Å². The lowest BCUT2D eigenvalue weighted by atomic mass is 9.88. The fourth-order valence-corrected chi connectivity index (χ4v) is 2.08. The van der Waals surface area contributed by atoms with Crippen molar-refractivity contribution in [1.82, 2.24) is 9.13 Å². The van der Waals surface area contributed by atoms with E-state index in [1.807, 2.05) is 0 Å². The zero-order valence-electron chi connectivity index (χ0n) is 11.7. The maximum Gasteiger partial charge on any atom is 0.256 e. The van der Waals surface area contributed by atoms with Gasteiger partial charge in [0.25, 0.3) is 11.1 Å². The Labute approximate surface area is 122 Å². The van der Waals surface area contributed by atoms with Crippen LogP contribution in [-0.2, 0) is 5.41 Å². The Bertz CT molecular complexity index is 766. The van der Waals surface area contributed by atoms with Crippen LogP contribution in [0.25, 0.3) is 0 Å².